The van der Waals surface area contributed by atoms with E-state index in [4.69, 9.17) is 22.1 Å². The van der Waals surface area contributed by atoms with Gasteiger partial charge in [-0.3, -0.25) is 4.79 Å². The van der Waals surface area contributed by atoms with E-state index >= 15 is 0 Å². The molecule has 1 aromatic rings. The van der Waals surface area contributed by atoms with Gasteiger partial charge in [-0.1, -0.05) is 24.9 Å². The lowest BCUT2D eigenvalue weighted by Crippen LogP contribution is -2.15. The molecule has 1 amide bonds. The number of amides is 1. The zero-order valence-electron chi connectivity index (χ0n) is 8.93. The smallest absolute Gasteiger partial charge is 0.255 e. The highest BCUT2D eigenvalue weighted by Crippen LogP contribution is 2.26. The molecule has 0 bridgehead atoms. The van der Waals surface area contributed by atoms with Gasteiger partial charge in [0, 0.05) is 5.02 Å². The molecule has 0 spiro atoms. The van der Waals surface area contributed by atoms with Gasteiger partial charge in [0.2, 0.25) is 0 Å². The predicted molar refractivity (Wildman–Crippen MR) is 60.3 cm³/mol. The van der Waals surface area contributed by atoms with Gasteiger partial charge in [0.1, 0.15) is 17.1 Å². The molecule has 16 heavy (non-hydrogen) atoms. The Bertz CT molecular complexity index is 396. The molecule has 0 radical (unpaired) electrons. The second-order valence-electron chi connectivity index (χ2n) is 3.33. The van der Waals surface area contributed by atoms with Gasteiger partial charge in [-0.05, 0) is 18.6 Å². The minimum Gasteiger partial charge on any atom is -0.493 e. The Balaban J connectivity index is 2.99. The van der Waals surface area contributed by atoms with Crippen molar-refractivity contribution in [2.45, 2.75) is 19.8 Å². The molecule has 0 fully saturated rings. The molecule has 1 rings (SSSR count). The van der Waals surface area contributed by atoms with E-state index < -0.39 is 11.7 Å². The largest absolute Gasteiger partial charge is 0.493 e. The zero-order chi connectivity index (χ0) is 12.1. The number of rotatable bonds is 5. The quantitative estimate of drug-likeness (QED) is 0.811. The van der Waals surface area contributed by atoms with Crippen LogP contribution >= 0.6 is 11.6 Å². The van der Waals surface area contributed by atoms with Crippen molar-refractivity contribution in [1.29, 1.82) is 0 Å². The fourth-order valence-corrected chi connectivity index (χ4v) is 1.42. The fourth-order valence-electron chi connectivity index (χ4n) is 1.23. The Morgan fingerprint density at radius 1 is 1.56 bits per heavy atom. The van der Waals surface area contributed by atoms with E-state index in [2.05, 4.69) is 0 Å². The van der Waals surface area contributed by atoms with Crippen LogP contribution in [-0.4, -0.2) is 12.5 Å². The van der Waals surface area contributed by atoms with Crippen LogP contribution in [-0.2, 0) is 0 Å². The first kappa shape index (κ1) is 12.8. The molecule has 5 heteroatoms. The van der Waals surface area contributed by atoms with Crippen molar-refractivity contribution in [2.24, 2.45) is 5.73 Å². The number of ether oxygens (including phenoxy) is 1. The molecule has 0 aliphatic heterocycles. The van der Waals surface area contributed by atoms with Crippen molar-refractivity contribution in [3.8, 4) is 5.75 Å². The monoisotopic (exact) mass is 245 g/mol. The van der Waals surface area contributed by atoms with Crippen LogP contribution in [0.4, 0.5) is 4.39 Å². The SMILES string of the molecule is CCCCOc1cc(Cl)cc(F)c1C(N)=O. The lowest BCUT2D eigenvalue weighted by Gasteiger charge is -2.10. The van der Waals surface area contributed by atoms with Gasteiger partial charge >= 0.3 is 0 Å². The van der Waals surface area contributed by atoms with Crippen LogP contribution in [0.25, 0.3) is 0 Å². The number of carbonyl (C=O) groups is 1. The molecule has 0 aromatic heterocycles. The van der Waals surface area contributed by atoms with Crippen LogP contribution in [0.1, 0.15) is 30.1 Å². The van der Waals surface area contributed by atoms with E-state index in [0.717, 1.165) is 18.9 Å². The third kappa shape index (κ3) is 3.10. The Morgan fingerprint density at radius 3 is 2.81 bits per heavy atom. The van der Waals surface area contributed by atoms with E-state index in [-0.39, 0.29) is 16.3 Å². The van der Waals surface area contributed by atoms with Crippen molar-refractivity contribution < 1.29 is 13.9 Å². The second-order valence-corrected chi connectivity index (χ2v) is 3.76. The lowest BCUT2D eigenvalue weighted by atomic mass is 10.2. The maximum atomic E-state index is 13.4. The topological polar surface area (TPSA) is 52.3 Å². The van der Waals surface area contributed by atoms with Gasteiger partial charge in [0.05, 0.1) is 6.61 Å². The van der Waals surface area contributed by atoms with Crippen LogP contribution < -0.4 is 10.5 Å². The van der Waals surface area contributed by atoms with Gasteiger partial charge in [-0.2, -0.15) is 0 Å². The van der Waals surface area contributed by atoms with E-state index in [1.165, 1.54) is 6.07 Å². The van der Waals surface area contributed by atoms with E-state index in [1.54, 1.807) is 0 Å². The van der Waals surface area contributed by atoms with Gasteiger partial charge < -0.3 is 10.5 Å². The predicted octanol–water partition coefficient (Wildman–Crippen LogP) is 2.76. The molecule has 0 aliphatic carbocycles. The Morgan fingerprint density at radius 2 is 2.25 bits per heavy atom. The number of halogens is 2. The average molecular weight is 246 g/mol. The minimum absolute atomic E-state index is 0.103. The third-order valence-corrected chi connectivity index (χ3v) is 2.24. The number of hydrogen-bond donors (Lipinski definition) is 1. The summed E-state index contributed by atoms with van der Waals surface area (Å²) in [6.45, 7) is 2.40. The standard InChI is InChI=1S/C11H13ClFNO2/c1-2-3-4-16-9-6-7(12)5-8(13)10(9)11(14)15/h5-6H,2-4H2,1H3,(H2,14,15). The van der Waals surface area contributed by atoms with Crippen molar-refractivity contribution in [3.05, 3.63) is 28.5 Å². The first-order chi connectivity index (χ1) is 7.56. The number of nitrogens with two attached hydrogens (primary N) is 1. The third-order valence-electron chi connectivity index (χ3n) is 2.02. The van der Waals surface area contributed by atoms with Crippen LogP contribution in [0, 0.1) is 5.82 Å². The summed E-state index contributed by atoms with van der Waals surface area (Å²) in [5.41, 5.74) is 4.82. The molecular formula is C11H13ClFNO2. The number of primary amides is 1. The number of unbranched alkanes of at least 4 members (excludes halogenated alkanes) is 1. The molecular weight excluding hydrogens is 233 g/mol. The molecule has 0 aliphatic rings. The van der Waals surface area contributed by atoms with Gasteiger partial charge in [0.15, 0.2) is 0 Å². The highest BCUT2D eigenvalue weighted by atomic mass is 35.5. The molecule has 0 saturated carbocycles. The highest BCUT2D eigenvalue weighted by Gasteiger charge is 2.16. The van der Waals surface area contributed by atoms with Gasteiger partial charge in [-0.25, -0.2) is 4.39 Å². The highest BCUT2D eigenvalue weighted by molar-refractivity contribution is 6.30. The number of benzene rings is 1. The fraction of sp³-hybridized carbons (Fsp3) is 0.364. The van der Waals surface area contributed by atoms with Gasteiger partial charge in [0.25, 0.3) is 5.91 Å². The summed E-state index contributed by atoms with van der Waals surface area (Å²) in [5, 5.41) is 0.175. The molecule has 0 saturated heterocycles. The maximum absolute atomic E-state index is 13.4. The van der Waals surface area contributed by atoms with E-state index in [1.807, 2.05) is 6.92 Å². The summed E-state index contributed by atoms with van der Waals surface area (Å²) in [5.74, 6) is -1.52. The Hall–Kier alpha value is -1.29. The molecule has 88 valence electrons. The van der Waals surface area contributed by atoms with Crippen LogP contribution in [0.5, 0.6) is 5.75 Å². The number of carbonyl (C=O) groups excluding carboxylic acids is 1. The summed E-state index contributed by atoms with van der Waals surface area (Å²) in [6.07, 6.45) is 1.75. The Kier molecular flexibility index (Phi) is 4.55. The van der Waals surface area contributed by atoms with Crippen molar-refractivity contribution in [1.82, 2.24) is 0 Å². The molecule has 3 nitrogen and oxygen atoms in total. The maximum Gasteiger partial charge on any atom is 0.255 e. The summed E-state index contributed by atoms with van der Waals surface area (Å²) in [6, 6.07) is 2.43. The normalized spacial score (nSPS) is 10.2. The molecule has 2 N–H and O–H groups in total. The molecule has 0 unspecified atom stereocenters. The second kappa shape index (κ2) is 5.70. The zero-order valence-corrected chi connectivity index (χ0v) is 9.68. The first-order valence-corrected chi connectivity index (χ1v) is 5.35. The first-order valence-electron chi connectivity index (χ1n) is 4.98. The summed E-state index contributed by atoms with van der Waals surface area (Å²) in [7, 11) is 0. The van der Waals surface area contributed by atoms with E-state index in [0.29, 0.717) is 6.61 Å². The Labute approximate surface area is 98.3 Å². The number of hydrogen-bond acceptors (Lipinski definition) is 2. The van der Waals surface area contributed by atoms with Crippen LogP contribution in [0.15, 0.2) is 12.1 Å². The molecule has 1 aromatic carbocycles. The minimum atomic E-state index is -0.860. The summed E-state index contributed by atoms with van der Waals surface area (Å²) >= 11 is 5.67. The van der Waals surface area contributed by atoms with Crippen LogP contribution in [0.3, 0.4) is 0 Å². The van der Waals surface area contributed by atoms with Crippen molar-refractivity contribution in [2.75, 3.05) is 6.61 Å². The van der Waals surface area contributed by atoms with Gasteiger partial charge in [-0.15, -0.1) is 0 Å². The van der Waals surface area contributed by atoms with Crippen molar-refractivity contribution in [3.63, 3.8) is 0 Å². The van der Waals surface area contributed by atoms with E-state index in [9.17, 15) is 9.18 Å². The lowest BCUT2D eigenvalue weighted by molar-refractivity contribution is 0.0992. The summed E-state index contributed by atoms with van der Waals surface area (Å²) < 4.78 is 18.7. The molecule has 0 atom stereocenters. The summed E-state index contributed by atoms with van der Waals surface area (Å²) in [4.78, 5) is 11.0. The molecule has 0 heterocycles. The van der Waals surface area contributed by atoms with Crippen molar-refractivity contribution >= 4 is 17.5 Å². The average Bonchev–Trinajstić information content (AvgIpc) is 2.16. The van der Waals surface area contributed by atoms with Crippen LogP contribution in [0.2, 0.25) is 5.02 Å².